The summed E-state index contributed by atoms with van der Waals surface area (Å²) in [6.45, 7) is 1.60. The molecular formula is C10H9BrN4O2S. The highest BCUT2D eigenvalue weighted by Gasteiger charge is 2.25. The third-order valence-electron chi connectivity index (χ3n) is 2.30. The third-order valence-corrected chi connectivity index (χ3v) is 4.14. The summed E-state index contributed by atoms with van der Waals surface area (Å²) in [4.78, 5) is 19.7. The monoisotopic (exact) mass is 328 g/mol. The van der Waals surface area contributed by atoms with E-state index in [4.69, 9.17) is 0 Å². The van der Waals surface area contributed by atoms with E-state index in [1.807, 2.05) is 11.4 Å². The smallest absolute Gasteiger partial charge is 0.317 e. The standard InChI is InChI=1S/C10H9BrN4O2S/c1-5-8(15(16)17)7(14-10(12-2)13-5)9-6(11)3-4-18-9/h3-4H,1-2H3,(H,12,13,14). The van der Waals surface area contributed by atoms with Gasteiger partial charge in [-0.2, -0.15) is 0 Å². The van der Waals surface area contributed by atoms with Gasteiger partial charge in [0, 0.05) is 11.5 Å². The van der Waals surface area contributed by atoms with Gasteiger partial charge in [-0.3, -0.25) is 10.1 Å². The number of hydrogen-bond donors (Lipinski definition) is 1. The Labute approximate surface area is 115 Å². The molecule has 0 atom stereocenters. The van der Waals surface area contributed by atoms with Crippen LogP contribution in [0.15, 0.2) is 15.9 Å². The van der Waals surface area contributed by atoms with Gasteiger partial charge in [0.05, 0.1) is 9.80 Å². The summed E-state index contributed by atoms with van der Waals surface area (Å²) in [6.07, 6.45) is 0. The average Bonchev–Trinajstić information content (AvgIpc) is 2.73. The summed E-state index contributed by atoms with van der Waals surface area (Å²) in [5.41, 5.74) is 0.616. The van der Waals surface area contributed by atoms with E-state index < -0.39 is 4.92 Å². The largest absolute Gasteiger partial charge is 0.357 e. The van der Waals surface area contributed by atoms with Crippen LogP contribution >= 0.6 is 27.3 Å². The van der Waals surface area contributed by atoms with Crippen molar-refractivity contribution in [1.82, 2.24) is 9.97 Å². The van der Waals surface area contributed by atoms with E-state index in [0.717, 1.165) is 9.35 Å². The van der Waals surface area contributed by atoms with Gasteiger partial charge in [0.15, 0.2) is 5.69 Å². The van der Waals surface area contributed by atoms with Crippen LogP contribution in [0, 0.1) is 17.0 Å². The minimum Gasteiger partial charge on any atom is -0.357 e. The lowest BCUT2D eigenvalue weighted by molar-refractivity contribution is -0.385. The van der Waals surface area contributed by atoms with Crippen LogP contribution in [0.1, 0.15) is 5.69 Å². The predicted octanol–water partition coefficient (Wildman–Crippen LogP) is 3.23. The van der Waals surface area contributed by atoms with Gasteiger partial charge in [0.25, 0.3) is 0 Å². The number of thiophene rings is 1. The lowest BCUT2D eigenvalue weighted by atomic mass is 10.2. The number of anilines is 1. The van der Waals surface area contributed by atoms with Crippen LogP contribution in [-0.4, -0.2) is 21.9 Å². The number of rotatable bonds is 3. The van der Waals surface area contributed by atoms with Gasteiger partial charge >= 0.3 is 5.69 Å². The van der Waals surface area contributed by atoms with Crippen molar-refractivity contribution in [2.75, 3.05) is 12.4 Å². The summed E-state index contributed by atoms with van der Waals surface area (Å²) in [6, 6.07) is 1.83. The van der Waals surface area contributed by atoms with E-state index in [1.54, 1.807) is 14.0 Å². The second-order valence-corrected chi connectivity index (χ2v) is 5.21. The molecule has 0 saturated heterocycles. The molecule has 6 nitrogen and oxygen atoms in total. The van der Waals surface area contributed by atoms with Gasteiger partial charge in [0.1, 0.15) is 5.69 Å². The van der Waals surface area contributed by atoms with E-state index in [1.165, 1.54) is 11.3 Å². The highest BCUT2D eigenvalue weighted by molar-refractivity contribution is 9.10. The first-order chi connectivity index (χ1) is 8.54. The van der Waals surface area contributed by atoms with Gasteiger partial charge in [0.2, 0.25) is 5.95 Å². The van der Waals surface area contributed by atoms with Crippen molar-refractivity contribution in [2.45, 2.75) is 6.92 Å². The Morgan fingerprint density at radius 3 is 2.72 bits per heavy atom. The minimum atomic E-state index is -0.448. The Kier molecular flexibility index (Phi) is 3.58. The molecule has 0 unspecified atom stereocenters. The highest BCUT2D eigenvalue weighted by Crippen LogP contribution is 2.38. The SMILES string of the molecule is CNc1nc(C)c([N+](=O)[O-])c(-c2sccc2Br)n1. The van der Waals surface area contributed by atoms with Crippen LogP contribution in [0.3, 0.4) is 0 Å². The Morgan fingerprint density at radius 1 is 1.50 bits per heavy atom. The number of aryl methyl sites for hydroxylation is 1. The molecular weight excluding hydrogens is 320 g/mol. The van der Waals surface area contributed by atoms with Gasteiger partial charge in [-0.1, -0.05) is 0 Å². The normalized spacial score (nSPS) is 10.4. The Hall–Kier alpha value is -1.54. The molecule has 8 heteroatoms. The maximum atomic E-state index is 11.1. The summed E-state index contributed by atoms with van der Waals surface area (Å²) >= 11 is 4.76. The fourth-order valence-corrected chi connectivity index (χ4v) is 3.07. The van der Waals surface area contributed by atoms with Gasteiger partial charge in [-0.05, 0) is 34.3 Å². The second kappa shape index (κ2) is 4.99. The van der Waals surface area contributed by atoms with Crippen molar-refractivity contribution < 1.29 is 4.92 Å². The van der Waals surface area contributed by atoms with Crippen molar-refractivity contribution >= 4 is 38.9 Å². The van der Waals surface area contributed by atoms with Gasteiger partial charge < -0.3 is 5.32 Å². The van der Waals surface area contributed by atoms with Crippen LogP contribution in [-0.2, 0) is 0 Å². The van der Waals surface area contributed by atoms with Crippen LogP contribution in [0.5, 0.6) is 0 Å². The van der Waals surface area contributed by atoms with E-state index in [9.17, 15) is 10.1 Å². The van der Waals surface area contributed by atoms with E-state index >= 15 is 0 Å². The molecule has 2 rings (SSSR count). The zero-order valence-corrected chi connectivity index (χ0v) is 12.0. The molecule has 18 heavy (non-hydrogen) atoms. The number of hydrogen-bond acceptors (Lipinski definition) is 6. The zero-order chi connectivity index (χ0) is 13.3. The highest BCUT2D eigenvalue weighted by atomic mass is 79.9. The first-order valence-electron chi connectivity index (χ1n) is 4.98. The maximum Gasteiger partial charge on any atom is 0.317 e. The molecule has 0 radical (unpaired) electrons. The molecule has 94 valence electrons. The molecule has 0 amide bonds. The first kappa shape index (κ1) is 12.9. The molecule has 0 aliphatic carbocycles. The molecule has 0 aliphatic rings. The summed E-state index contributed by atoms with van der Waals surface area (Å²) in [7, 11) is 1.67. The van der Waals surface area contributed by atoms with Crippen molar-refractivity contribution in [3.8, 4) is 10.6 Å². The van der Waals surface area contributed by atoms with E-state index in [2.05, 4.69) is 31.2 Å². The molecule has 0 spiro atoms. The molecule has 2 aromatic rings. The molecule has 0 bridgehead atoms. The first-order valence-corrected chi connectivity index (χ1v) is 6.66. The minimum absolute atomic E-state index is 0.0582. The van der Waals surface area contributed by atoms with Crippen LogP contribution in [0.2, 0.25) is 0 Å². The Morgan fingerprint density at radius 2 is 2.22 bits per heavy atom. The fraction of sp³-hybridized carbons (Fsp3) is 0.200. The quantitative estimate of drug-likeness (QED) is 0.691. The molecule has 0 saturated carbocycles. The molecule has 0 fully saturated rings. The average molecular weight is 329 g/mol. The summed E-state index contributed by atoms with van der Waals surface area (Å²) in [5, 5.41) is 15.8. The fourth-order valence-electron chi connectivity index (χ4n) is 1.52. The van der Waals surface area contributed by atoms with Crippen molar-refractivity contribution in [3.63, 3.8) is 0 Å². The molecule has 0 aliphatic heterocycles. The topological polar surface area (TPSA) is 81.0 Å². The third kappa shape index (κ3) is 2.21. The second-order valence-electron chi connectivity index (χ2n) is 3.43. The molecule has 2 heterocycles. The summed E-state index contributed by atoms with van der Waals surface area (Å²) in [5.74, 6) is 0.369. The zero-order valence-electron chi connectivity index (χ0n) is 9.60. The number of nitrogens with one attached hydrogen (secondary N) is 1. The number of nitro groups is 1. The maximum absolute atomic E-state index is 11.1. The van der Waals surface area contributed by atoms with Crippen LogP contribution in [0.25, 0.3) is 10.6 Å². The lowest BCUT2D eigenvalue weighted by Gasteiger charge is -2.06. The molecule has 2 aromatic heterocycles. The predicted molar refractivity (Wildman–Crippen MR) is 74.0 cm³/mol. The lowest BCUT2D eigenvalue weighted by Crippen LogP contribution is -2.04. The van der Waals surface area contributed by atoms with Gasteiger partial charge in [-0.15, -0.1) is 11.3 Å². The van der Waals surface area contributed by atoms with E-state index in [0.29, 0.717) is 17.3 Å². The molecule has 0 aromatic carbocycles. The summed E-state index contributed by atoms with van der Waals surface area (Å²) < 4.78 is 0.788. The van der Waals surface area contributed by atoms with E-state index in [-0.39, 0.29) is 5.69 Å². The number of nitrogens with zero attached hydrogens (tertiary/aromatic N) is 3. The van der Waals surface area contributed by atoms with Crippen molar-refractivity contribution in [2.24, 2.45) is 0 Å². The van der Waals surface area contributed by atoms with Crippen molar-refractivity contribution in [1.29, 1.82) is 0 Å². The van der Waals surface area contributed by atoms with Crippen LogP contribution < -0.4 is 5.32 Å². The van der Waals surface area contributed by atoms with Crippen molar-refractivity contribution in [3.05, 3.63) is 31.7 Å². The molecule has 1 N–H and O–H groups in total. The number of aromatic nitrogens is 2. The van der Waals surface area contributed by atoms with Gasteiger partial charge in [-0.25, -0.2) is 9.97 Å². The van der Waals surface area contributed by atoms with Crippen LogP contribution in [0.4, 0.5) is 11.6 Å². The Bertz CT molecular complexity index is 614. The Balaban J connectivity index is 2.74. The number of halogens is 1.